The highest BCUT2D eigenvalue weighted by molar-refractivity contribution is 5.92. The molecule has 0 bridgehead atoms. The van der Waals surface area contributed by atoms with Gasteiger partial charge in [0.15, 0.2) is 0 Å². The average Bonchev–Trinajstić information content (AvgIpc) is 3.09. The number of aromatic nitrogens is 2. The smallest absolute Gasteiger partial charge is 0.241 e. The monoisotopic (exact) mass is 279 g/mol. The Morgan fingerprint density at radius 2 is 2.25 bits per heavy atom. The van der Waals surface area contributed by atoms with Gasteiger partial charge in [-0.15, -0.1) is 0 Å². The van der Waals surface area contributed by atoms with Gasteiger partial charge < -0.3 is 16.0 Å². The molecule has 0 spiro atoms. The Labute approximate surface area is 118 Å². The summed E-state index contributed by atoms with van der Waals surface area (Å²) in [6.45, 7) is 2.64. The lowest BCUT2D eigenvalue weighted by atomic mass is 10.1. The van der Waals surface area contributed by atoms with Crippen molar-refractivity contribution in [3.8, 4) is 0 Å². The molecule has 1 aliphatic carbocycles. The number of anilines is 1. The predicted octanol–water partition coefficient (Wildman–Crippen LogP) is -0.0443. The van der Waals surface area contributed by atoms with Crippen LogP contribution in [0, 0.1) is 5.92 Å². The van der Waals surface area contributed by atoms with Gasteiger partial charge in [-0.3, -0.25) is 14.3 Å². The number of carbonyl (C=O) groups is 2. The van der Waals surface area contributed by atoms with E-state index in [-0.39, 0.29) is 24.3 Å². The molecule has 2 rings (SSSR count). The molecule has 1 aromatic heterocycles. The standard InChI is InChI=1S/C13H21N5O2/c1-9(5-14-2)13(20)17-11-6-15-18(7-11)8-12(19)16-10-3-4-10/h6-7,9-10,14H,3-5,8H2,1-2H3,(H,16,19)(H,17,20). The Morgan fingerprint density at radius 3 is 2.90 bits per heavy atom. The Bertz CT molecular complexity index is 481. The van der Waals surface area contributed by atoms with Gasteiger partial charge >= 0.3 is 0 Å². The van der Waals surface area contributed by atoms with E-state index in [4.69, 9.17) is 0 Å². The highest BCUT2D eigenvalue weighted by atomic mass is 16.2. The van der Waals surface area contributed by atoms with Crippen molar-refractivity contribution < 1.29 is 9.59 Å². The van der Waals surface area contributed by atoms with Crippen molar-refractivity contribution in [2.24, 2.45) is 5.92 Å². The maximum Gasteiger partial charge on any atom is 0.241 e. The molecular weight excluding hydrogens is 258 g/mol. The summed E-state index contributed by atoms with van der Waals surface area (Å²) in [5.74, 6) is -0.236. The molecule has 1 atom stereocenters. The molecule has 1 aromatic rings. The van der Waals surface area contributed by atoms with Crippen LogP contribution in [0.15, 0.2) is 12.4 Å². The first-order chi connectivity index (χ1) is 9.58. The zero-order valence-electron chi connectivity index (χ0n) is 11.8. The van der Waals surface area contributed by atoms with Crippen LogP contribution in [-0.4, -0.2) is 41.2 Å². The van der Waals surface area contributed by atoms with Gasteiger partial charge in [0.2, 0.25) is 11.8 Å². The van der Waals surface area contributed by atoms with Crippen LogP contribution in [-0.2, 0) is 16.1 Å². The summed E-state index contributed by atoms with van der Waals surface area (Å²) in [4.78, 5) is 23.4. The minimum Gasteiger partial charge on any atom is -0.352 e. The first kappa shape index (κ1) is 14.5. The van der Waals surface area contributed by atoms with Crippen molar-refractivity contribution in [2.75, 3.05) is 18.9 Å². The molecular formula is C13H21N5O2. The maximum absolute atomic E-state index is 11.8. The zero-order valence-corrected chi connectivity index (χ0v) is 11.8. The van der Waals surface area contributed by atoms with E-state index in [0.29, 0.717) is 18.3 Å². The first-order valence-electron chi connectivity index (χ1n) is 6.85. The Hall–Kier alpha value is -1.89. The van der Waals surface area contributed by atoms with Crippen LogP contribution in [0.1, 0.15) is 19.8 Å². The molecule has 0 saturated heterocycles. The second-order valence-corrected chi connectivity index (χ2v) is 5.22. The molecule has 1 fully saturated rings. The summed E-state index contributed by atoms with van der Waals surface area (Å²) in [6, 6.07) is 0.347. The lowest BCUT2D eigenvalue weighted by molar-refractivity contribution is -0.122. The molecule has 1 saturated carbocycles. The zero-order chi connectivity index (χ0) is 14.5. The van der Waals surface area contributed by atoms with Gasteiger partial charge in [0.05, 0.1) is 11.9 Å². The number of carbonyl (C=O) groups excluding carboxylic acids is 2. The third-order valence-electron chi connectivity index (χ3n) is 3.11. The molecule has 1 heterocycles. The van der Waals surface area contributed by atoms with E-state index >= 15 is 0 Å². The number of nitrogens with one attached hydrogen (secondary N) is 3. The lowest BCUT2D eigenvalue weighted by Gasteiger charge is -2.09. The summed E-state index contributed by atoms with van der Waals surface area (Å²) >= 11 is 0. The molecule has 1 unspecified atom stereocenters. The third-order valence-corrected chi connectivity index (χ3v) is 3.11. The summed E-state index contributed by atoms with van der Waals surface area (Å²) in [5, 5.41) is 12.7. The van der Waals surface area contributed by atoms with Crippen LogP contribution in [0.5, 0.6) is 0 Å². The van der Waals surface area contributed by atoms with Crippen molar-refractivity contribution >= 4 is 17.5 Å². The highest BCUT2D eigenvalue weighted by Gasteiger charge is 2.23. The van der Waals surface area contributed by atoms with E-state index in [2.05, 4.69) is 21.0 Å². The highest BCUT2D eigenvalue weighted by Crippen LogP contribution is 2.18. The molecule has 1 aliphatic rings. The van der Waals surface area contributed by atoms with Crippen molar-refractivity contribution in [1.82, 2.24) is 20.4 Å². The summed E-state index contributed by atoms with van der Waals surface area (Å²) in [5.41, 5.74) is 0.608. The van der Waals surface area contributed by atoms with Crippen LogP contribution < -0.4 is 16.0 Å². The maximum atomic E-state index is 11.8. The lowest BCUT2D eigenvalue weighted by Crippen LogP contribution is -2.29. The van der Waals surface area contributed by atoms with E-state index in [1.165, 1.54) is 4.68 Å². The second-order valence-electron chi connectivity index (χ2n) is 5.22. The number of hydrogen-bond donors (Lipinski definition) is 3. The molecule has 20 heavy (non-hydrogen) atoms. The van der Waals surface area contributed by atoms with Gasteiger partial charge in [0.25, 0.3) is 0 Å². The molecule has 2 amide bonds. The van der Waals surface area contributed by atoms with Crippen molar-refractivity contribution in [3.05, 3.63) is 12.4 Å². The van der Waals surface area contributed by atoms with E-state index in [1.807, 2.05) is 6.92 Å². The average molecular weight is 279 g/mol. The summed E-state index contributed by atoms with van der Waals surface area (Å²) in [6.07, 6.45) is 5.34. The number of rotatable bonds is 7. The van der Waals surface area contributed by atoms with E-state index in [0.717, 1.165) is 12.8 Å². The van der Waals surface area contributed by atoms with Crippen molar-refractivity contribution in [3.63, 3.8) is 0 Å². The van der Waals surface area contributed by atoms with Gasteiger partial charge in [-0.05, 0) is 19.9 Å². The molecule has 7 heteroatoms. The fourth-order valence-corrected chi connectivity index (χ4v) is 1.83. The second kappa shape index (κ2) is 6.51. The van der Waals surface area contributed by atoms with E-state index in [9.17, 15) is 9.59 Å². The third kappa shape index (κ3) is 4.34. The number of amides is 2. The van der Waals surface area contributed by atoms with Crippen LogP contribution >= 0.6 is 0 Å². The fourth-order valence-electron chi connectivity index (χ4n) is 1.83. The molecule has 110 valence electrons. The minimum absolute atomic E-state index is 0.0444. The summed E-state index contributed by atoms with van der Waals surface area (Å²) < 4.78 is 1.52. The molecule has 0 aromatic carbocycles. The van der Waals surface area contributed by atoms with Gasteiger partial charge in [-0.1, -0.05) is 6.92 Å². The van der Waals surface area contributed by atoms with E-state index < -0.39 is 0 Å². The van der Waals surface area contributed by atoms with Gasteiger partial charge in [-0.2, -0.15) is 5.10 Å². The van der Waals surface area contributed by atoms with Crippen LogP contribution in [0.3, 0.4) is 0 Å². The number of hydrogen-bond acceptors (Lipinski definition) is 4. The van der Waals surface area contributed by atoms with Crippen LogP contribution in [0.25, 0.3) is 0 Å². The van der Waals surface area contributed by atoms with Crippen LogP contribution in [0.4, 0.5) is 5.69 Å². The quantitative estimate of drug-likeness (QED) is 0.653. The van der Waals surface area contributed by atoms with Crippen molar-refractivity contribution in [1.29, 1.82) is 0 Å². The normalized spacial score (nSPS) is 15.7. The molecule has 0 radical (unpaired) electrons. The Balaban J connectivity index is 1.81. The summed E-state index contributed by atoms with van der Waals surface area (Å²) in [7, 11) is 1.81. The number of nitrogens with zero attached hydrogens (tertiary/aromatic N) is 2. The minimum atomic E-state index is -0.124. The van der Waals surface area contributed by atoms with Crippen LogP contribution in [0.2, 0.25) is 0 Å². The van der Waals surface area contributed by atoms with E-state index in [1.54, 1.807) is 19.4 Å². The molecule has 7 nitrogen and oxygen atoms in total. The fraction of sp³-hybridized carbons (Fsp3) is 0.615. The van der Waals surface area contributed by atoms with Gasteiger partial charge in [0, 0.05) is 24.7 Å². The Morgan fingerprint density at radius 1 is 1.50 bits per heavy atom. The first-order valence-corrected chi connectivity index (χ1v) is 6.85. The SMILES string of the molecule is CNCC(C)C(=O)Nc1cnn(CC(=O)NC2CC2)c1. The Kier molecular flexibility index (Phi) is 4.73. The van der Waals surface area contributed by atoms with Gasteiger partial charge in [-0.25, -0.2) is 0 Å². The molecule has 3 N–H and O–H groups in total. The van der Waals surface area contributed by atoms with Gasteiger partial charge in [0.1, 0.15) is 6.54 Å². The largest absolute Gasteiger partial charge is 0.352 e. The topological polar surface area (TPSA) is 88.1 Å². The predicted molar refractivity (Wildman–Crippen MR) is 75.1 cm³/mol. The van der Waals surface area contributed by atoms with Crippen molar-refractivity contribution in [2.45, 2.75) is 32.4 Å². The molecule has 0 aliphatic heterocycles.